The first-order valence-electron chi connectivity index (χ1n) is 9.76. The number of pyridine rings is 1. The number of carbonyl (C=O) groups excluding carboxylic acids is 2. The summed E-state index contributed by atoms with van der Waals surface area (Å²) in [6, 6.07) is 3.38. The third-order valence-corrected chi connectivity index (χ3v) is 3.99. The maximum absolute atomic E-state index is 12.0. The van der Waals surface area contributed by atoms with Crippen LogP contribution in [0.4, 0.5) is 4.79 Å². The van der Waals surface area contributed by atoms with Gasteiger partial charge in [-0.1, -0.05) is 20.8 Å². The highest BCUT2D eigenvalue weighted by Gasteiger charge is 2.29. The monoisotopic (exact) mass is 475 g/mol. The average molecular weight is 476 g/mol. The molecule has 11 nitrogen and oxygen atoms in total. The van der Waals surface area contributed by atoms with Gasteiger partial charge >= 0.3 is 12.1 Å². The van der Waals surface area contributed by atoms with Crippen LogP contribution in [-0.2, 0) is 26.4 Å². The van der Waals surface area contributed by atoms with Gasteiger partial charge in [0.1, 0.15) is 5.56 Å². The largest absolute Gasteiger partial charge is 0.748 e. The van der Waals surface area contributed by atoms with E-state index in [4.69, 9.17) is 22.8 Å². The van der Waals surface area contributed by atoms with Crippen molar-refractivity contribution >= 4 is 28.1 Å². The van der Waals surface area contributed by atoms with Crippen LogP contribution in [0.1, 0.15) is 44.0 Å². The lowest BCUT2D eigenvalue weighted by Crippen LogP contribution is -2.42. The Balaban J connectivity index is 0.00000172. The molecule has 32 heavy (non-hydrogen) atoms. The zero-order chi connectivity index (χ0) is 25.1. The lowest BCUT2D eigenvalue weighted by molar-refractivity contribution is -0.727. The van der Waals surface area contributed by atoms with Crippen LogP contribution in [0, 0.1) is 11.3 Å². The molecule has 0 saturated carbocycles. The minimum absolute atomic E-state index is 0.0328. The van der Waals surface area contributed by atoms with Crippen molar-refractivity contribution in [2.75, 3.05) is 26.9 Å². The highest BCUT2D eigenvalue weighted by atomic mass is 32.2. The summed E-state index contributed by atoms with van der Waals surface area (Å²) in [7, 11) is -0.593. The fourth-order valence-corrected chi connectivity index (χ4v) is 3.01. The normalized spacial score (nSPS) is 12.8. The van der Waals surface area contributed by atoms with Crippen LogP contribution in [0.5, 0.6) is 0 Å². The fourth-order valence-electron chi connectivity index (χ4n) is 3.01. The number of alkyl carbamates (subject to hydrolysis) is 1. The molecule has 1 aromatic rings. The first-order chi connectivity index (χ1) is 14.5. The lowest BCUT2D eigenvalue weighted by Gasteiger charge is -2.29. The van der Waals surface area contributed by atoms with E-state index < -0.39 is 27.6 Å². The van der Waals surface area contributed by atoms with Crippen molar-refractivity contribution in [3.63, 3.8) is 0 Å². The Morgan fingerprint density at radius 1 is 1.31 bits per heavy atom. The summed E-state index contributed by atoms with van der Waals surface area (Å²) in [5, 5.41) is 11.8. The van der Waals surface area contributed by atoms with Gasteiger partial charge in [-0.2, -0.15) is 4.57 Å². The molecule has 0 aliphatic carbocycles. The summed E-state index contributed by atoms with van der Waals surface area (Å²) in [6.07, 6.45) is 3.90. The second-order valence-electron chi connectivity index (χ2n) is 8.40. The number of carboxylic acids is 1. The van der Waals surface area contributed by atoms with E-state index in [9.17, 15) is 14.4 Å². The van der Waals surface area contributed by atoms with Crippen LogP contribution in [0.25, 0.3) is 0 Å². The maximum atomic E-state index is 12.0. The Kier molecular flexibility index (Phi) is 11.9. The summed E-state index contributed by atoms with van der Waals surface area (Å²) in [4.78, 5) is 36.5. The van der Waals surface area contributed by atoms with Crippen molar-refractivity contribution in [1.82, 2.24) is 10.2 Å². The minimum atomic E-state index is -3.92. The van der Waals surface area contributed by atoms with Crippen molar-refractivity contribution in [3.05, 3.63) is 30.1 Å². The molecule has 0 bridgehead atoms. The number of hydrogen-bond donors (Lipinski definition) is 2. The van der Waals surface area contributed by atoms with Crippen LogP contribution in [0.3, 0.4) is 0 Å². The van der Waals surface area contributed by atoms with Gasteiger partial charge in [0.05, 0.1) is 16.5 Å². The van der Waals surface area contributed by atoms with Crippen molar-refractivity contribution in [1.29, 1.82) is 0 Å². The number of ether oxygens (including phenoxy) is 1. The number of nitrogens with zero attached hydrogens (tertiary/aromatic N) is 2. The molecule has 1 rings (SSSR count). The van der Waals surface area contributed by atoms with Crippen LogP contribution in [-0.4, -0.2) is 67.8 Å². The average Bonchev–Trinajstić information content (AvgIpc) is 2.61. The zero-order valence-corrected chi connectivity index (χ0v) is 20.1. The van der Waals surface area contributed by atoms with Crippen molar-refractivity contribution in [2.45, 2.75) is 40.3 Å². The molecule has 1 heterocycles. The van der Waals surface area contributed by atoms with Gasteiger partial charge in [-0.15, -0.1) is 0 Å². The lowest BCUT2D eigenvalue weighted by atomic mass is 9.79. The Morgan fingerprint density at radius 2 is 1.88 bits per heavy atom. The number of carbonyl (C=O) groups is 3. The first-order valence-corrected chi connectivity index (χ1v) is 11.6. The van der Waals surface area contributed by atoms with E-state index in [-0.39, 0.29) is 25.6 Å². The number of rotatable bonds is 9. The zero-order valence-electron chi connectivity index (χ0n) is 19.3. The third-order valence-electron chi connectivity index (χ3n) is 3.99. The predicted molar refractivity (Wildman–Crippen MR) is 115 cm³/mol. The van der Waals surface area contributed by atoms with Gasteiger partial charge in [-0.25, -0.2) is 13.2 Å². The molecule has 0 saturated heterocycles. The summed E-state index contributed by atoms with van der Waals surface area (Å²) in [5.41, 5.74) is -0.0676. The molecule has 182 valence electrons. The van der Waals surface area contributed by atoms with Gasteiger partial charge in [-0.3, -0.25) is 9.59 Å². The molecule has 0 fully saturated rings. The Bertz CT molecular complexity index is 879. The molecule has 0 unspecified atom stereocenters. The number of aromatic nitrogens is 1. The van der Waals surface area contributed by atoms with Crippen LogP contribution >= 0.6 is 0 Å². The Morgan fingerprint density at radius 3 is 2.34 bits per heavy atom. The summed E-state index contributed by atoms with van der Waals surface area (Å²) < 4.78 is 34.0. The number of aliphatic carboxylic acids is 1. The van der Waals surface area contributed by atoms with Crippen molar-refractivity contribution in [2.24, 2.45) is 11.3 Å². The molecular weight excluding hydrogens is 442 g/mol. The molecule has 0 aliphatic heterocycles. The van der Waals surface area contributed by atoms with Gasteiger partial charge in [0.25, 0.3) is 12.6 Å². The quantitative estimate of drug-likeness (QED) is 0.396. The minimum Gasteiger partial charge on any atom is -0.748 e. The molecule has 1 atom stereocenters. The van der Waals surface area contributed by atoms with E-state index in [0.29, 0.717) is 24.2 Å². The van der Waals surface area contributed by atoms with E-state index in [1.165, 1.54) is 4.90 Å². The molecule has 0 aliphatic rings. The highest BCUT2D eigenvalue weighted by molar-refractivity contribution is 7.84. The number of hydrogen-bond acceptors (Lipinski definition) is 7. The van der Waals surface area contributed by atoms with E-state index in [1.54, 1.807) is 43.2 Å². The van der Waals surface area contributed by atoms with Crippen molar-refractivity contribution in [3.8, 4) is 0 Å². The topological polar surface area (TPSA) is 157 Å². The predicted octanol–water partition coefficient (Wildman–Crippen LogP) is 1.05. The van der Waals surface area contributed by atoms with Gasteiger partial charge in [0.15, 0.2) is 12.4 Å². The van der Waals surface area contributed by atoms with Crippen molar-refractivity contribution < 1.29 is 41.8 Å². The molecule has 0 radical (unpaired) electrons. The summed E-state index contributed by atoms with van der Waals surface area (Å²) >= 11 is 0. The number of amides is 2. The standard InChI is InChI=1S/C19H29N3O5.CH4O3S/c1-14(2)9-19(3,10-16(23)24)12-20-18(26)27-13-22-8-6-7-15(11-22)17(25)21(4)5;1-5(2,3)4/h6-8,11,14H,9-10,12-13H2,1-5H3,(H-,20,23,24,26);1H3,(H,2,3,4)/t19-;/m0./s1. The van der Waals surface area contributed by atoms with E-state index in [2.05, 4.69) is 5.32 Å². The van der Waals surface area contributed by atoms with Gasteiger partial charge in [0.2, 0.25) is 0 Å². The molecule has 2 N–H and O–H groups in total. The van der Waals surface area contributed by atoms with E-state index in [0.717, 1.165) is 0 Å². The van der Waals surface area contributed by atoms with Gasteiger partial charge in [-0.05, 0) is 23.8 Å². The van der Waals surface area contributed by atoms with Crippen LogP contribution in [0.15, 0.2) is 24.5 Å². The number of nitrogens with one attached hydrogen (secondary N) is 1. The highest BCUT2D eigenvalue weighted by Crippen LogP contribution is 2.29. The van der Waals surface area contributed by atoms with Crippen LogP contribution in [0.2, 0.25) is 0 Å². The SMILES string of the molecule is CC(C)C[C@](C)(CNC(=O)OC[n+]1cccc(C(=O)N(C)C)c1)CC(=O)O.CS(=O)(=O)[O-]. The maximum Gasteiger partial charge on any atom is 0.412 e. The smallest absolute Gasteiger partial charge is 0.412 e. The third kappa shape index (κ3) is 14.3. The second-order valence-corrected chi connectivity index (χ2v) is 9.81. The first kappa shape index (κ1) is 29.3. The second kappa shape index (κ2) is 13.0. The van der Waals surface area contributed by atoms with Gasteiger partial charge < -0.3 is 24.6 Å². The number of carboxylic acid groups (broad SMARTS) is 1. The molecule has 1 aromatic heterocycles. The van der Waals surface area contributed by atoms with E-state index in [1.807, 2.05) is 20.8 Å². The Labute approximate surface area is 189 Å². The molecule has 2 amide bonds. The molecular formula is C20H33N3O8S. The van der Waals surface area contributed by atoms with E-state index >= 15 is 0 Å². The summed E-state index contributed by atoms with van der Waals surface area (Å²) in [6.45, 7) is 6.01. The fraction of sp³-hybridized carbons (Fsp3) is 0.600. The molecule has 12 heteroatoms. The molecule has 0 aromatic carbocycles. The summed E-state index contributed by atoms with van der Waals surface area (Å²) in [5.74, 6) is -0.738. The van der Waals surface area contributed by atoms with Crippen LogP contribution < -0.4 is 9.88 Å². The van der Waals surface area contributed by atoms with Gasteiger partial charge in [0, 0.05) is 33.0 Å². The Hall–Kier alpha value is -2.73. The molecule has 0 spiro atoms.